The minimum absolute atomic E-state index is 0.167. The van der Waals surface area contributed by atoms with Gasteiger partial charge in [0.15, 0.2) is 0 Å². The standard InChI is InChI=1S/C21H25FN4O2/c1-16-7-8-17(15-19(16)22)21(28)24-23-20(27)9-10-25-11-13-26(14-12-25)18-5-3-2-4-6-18/h2-8,15H,9-14H2,1H3,(H,23,27)(H,24,28). The van der Waals surface area contributed by atoms with Crippen LogP contribution in [0.5, 0.6) is 0 Å². The van der Waals surface area contributed by atoms with Crippen molar-refractivity contribution in [3.8, 4) is 0 Å². The zero-order valence-corrected chi connectivity index (χ0v) is 16.0. The Morgan fingerprint density at radius 1 is 1.00 bits per heavy atom. The van der Waals surface area contributed by atoms with Gasteiger partial charge in [-0.3, -0.25) is 25.3 Å². The Morgan fingerprint density at radius 3 is 2.39 bits per heavy atom. The first-order chi connectivity index (χ1) is 13.5. The molecule has 0 bridgehead atoms. The Labute approximate surface area is 164 Å². The van der Waals surface area contributed by atoms with Gasteiger partial charge in [0.1, 0.15) is 5.82 Å². The number of piperazine rings is 1. The molecule has 2 amide bonds. The van der Waals surface area contributed by atoms with Crippen LogP contribution in [-0.4, -0.2) is 49.4 Å². The lowest BCUT2D eigenvalue weighted by molar-refractivity contribution is -0.122. The van der Waals surface area contributed by atoms with Crippen LogP contribution >= 0.6 is 0 Å². The van der Waals surface area contributed by atoms with Gasteiger partial charge in [-0.05, 0) is 36.8 Å². The van der Waals surface area contributed by atoms with Gasteiger partial charge in [0.2, 0.25) is 5.91 Å². The molecule has 1 aliphatic rings. The number of nitrogens with one attached hydrogen (secondary N) is 2. The van der Waals surface area contributed by atoms with Gasteiger partial charge in [0.25, 0.3) is 5.91 Å². The van der Waals surface area contributed by atoms with Crippen LogP contribution in [0, 0.1) is 12.7 Å². The van der Waals surface area contributed by atoms with E-state index >= 15 is 0 Å². The Balaban J connectivity index is 1.37. The van der Waals surface area contributed by atoms with Gasteiger partial charge < -0.3 is 4.90 Å². The van der Waals surface area contributed by atoms with Crippen LogP contribution in [0.2, 0.25) is 0 Å². The second-order valence-corrected chi connectivity index (χ2v) is 6.88. The zero-order chi connectivity index (χ0) is 19.9. The zero-order valence-electron chi connectivity index (χ0n) is 16.0. The number of carbonyl (C=O) groups is 2. The monoisotopic (exact) mass is 384 g/mol. The molecule has 0 saturated carbocycles. The molecule has 2 aromatic carbocycles. The van der Waals surface area contributed by atoms with Gasteiger partial charge in [-0.25, -0.2) is 4.39 Å². The van der Waals surface area contributed by atoms with E-state index in [1.165, 1.54) is 17.8 Å². The van der Waals surface area contributed by atoms with E-state index in [2.05, 4.69) is 32.8 Å². The summed E-state index contributed by atoms with van der Waals surface area (Å²) in [5.41, 5.74) is 6.57. The number of hydrogen-bond donors (Lipinski definition) is 2. The molecule has 3 rings (SSSR count). The molecule has 1 saturated heterocycles. The predicted octanol–water partition coefficient (Wildman–Crippen LogP) is 2.11. The third kappa shape index (κ3) is 5.29. The Hall–Kier alpha value is -2.93. The fourth-order valence-electron chi connectivity index (χ4n) is 3.12. The maximum absolute atomic E-state index is 13.5. The summed E-state index contributed by atoms with van der Waals surface area (Å²) in [7, 11) is 0. The summed E-state index contributed by atoms with van der Waals surface area (Å²) >= 11 is 0. The summed E-state index contributed by atoms with van der Waals surface area (Å²) in [6, 6.07) is 14.5. The minimum atomic E-state index is -0.538. The number of hydrogen-bond acceptors (Lipinski definition) is 4. The Kier molecular flexibility index (Phi) is 6.60. The van der Waals surface area contributed by atoms with Crippen molar-refractivity contribution in [3.05, 3.63) is 65.5 Å². The van der Waals surface area contributed by atoms with Gasteiger partial charge in [-0.1, -0.05) is 24.3 Å². The molecule has 1 heterocycles. The molecule has 1 fully saturated rings. The van der Waals surface area contributed by atoms with Gasteiger partial charge in [-0.15, -0.1) is 0 Å². The summed E-state index contributed by atoms with van der Waals surface area (Å²) in [6.45, 7) is 5.86. The number of rotatable bonds is 5. The van der Waals surface area contributed by atoms with Crippen molar-refractivity contribution in [2.45, 2.75) is 13.3 Å². The highest BCUT2D eigenvalue weighted by molar-refractivity contribution is 5.95. The van der Waals surface area contributed by atoms with Gasteiger partial charge >= 0.3 is 0 Å². The molecule has 148 valence electrons. The molecule has 0 spiro atoms. The minimum Gasteiger partial charge on any atom is -0.369 e. The number of nitrogens with zero attached hydrogens (tertiary/aromatic N) is 2. The Bertz CT molecular complexity index is 820. The molecule has 7 heteroatoms. The second kappa shape index (κ2) is 9.32. The van der Waals surface area contributed by atoms with Crippen LogP contribution in [-0.2, 0) is 4.79 Å². The molecule has 1 aliphatic heterocycles. The topological polar surface area (TPSA) is 64.7 Å². The van der Waals surface area contributed by atoms with E-state index in [1.54, 1.807) is 6.92 Å². The average Bonchev–Trinajstić information content (AvgIpc) is 2.73. The number of aryl methyl sites for hydroxylation is 1. The van der Waals surface area contributed by atoms with Crippen molar-refractivity contribution in [3.63, 3.8) is 0 Å². The smallest absolute Gasteiger partial charge is 0.269 e. The van der Waals surface area contributed by atoms with E-state index in [4.69, 9.17) is 0 Å². The SMILES string of the molecule is Cc1ccc(C(=O)NNC(=O)CCN2CCN(c3ccccc3)CC2)cc1F. The summed E-state index contributed by atoms with van der Waals surface area (Å²) in [6.07, 6.45) is 0.286. The van der Waals surface area contributed by atoms with Gasteiger partial charge in [-0.2, -0.15) is 0 Å². The maximum atomic E-state index is 13.5. The van der Waals surface area contributed by atoms with Crippen LogP contribution in [0.1, 0.15) is 22.3 Å². The molecule has 2 aromatic rings. The van der Waals surface area contributed by atoms with E-state index in [9.17, 15) is 14.0 Å². The number of anilines is 1. The van der Waals surface area contributed by atoms with Crippen molar-refractivity contribution in [1.29, 1.82) is 0 Å². The van der Waals surface area contributed by atoms with Crippen LogP contribution in [0.15, 0.2) is 48.5 Å². The van der Waals surface area contributed by atoms with Crippen molar-refractivity contribution in [2.75, 3.05) is 37.6 Å². The number of halogens is 1. The first-order valence-electron chi connectivity index (χ1n) is 9.40. The summed E-state index contributed by atoms with van der Waals surface area (Å²) in [5.74, 6) is -1.26. The van der Waals surface area contributed by atoms with Crippen LogP contribution in [0.4, 0.5) is 10.1 Å². The molecule has 0 aromatic heterocycles. The van der Waals surface area contributed by atoms with Crippen LogP contribution < -0.4 is 15.8 Å². The first-order valence-corrected chi connectivity index (χ1v) is 9.40. The summed E-state index contributed by atoms with van der Waals surface area (Å²) < 4.78 is 13.5. The predicted molar refractivity (Wildman–Crippen MR) is 106 cm³/mol. The van der Waals surface area contributed by atoms with Crippen molar-refractivity contribution < 1.29 is 14.0 Å². The van der Waals surface area contributed by atoms with Crippen molar-refractivity contribution >= 4 is 17.5 Å². The third-order valence-electron chi connectivity index (χ3n) is 4.90. The van der Waals surface area contributed by atoms with E-state index in [1.807, 2.05) is 18.2 Å². The van der Waals surface area contributed by atoms with Gasteiger partial charge in [0, 0.05) is 50.4 Å². The fraction of sp³-hybridized carbons (Fsp3) is 0.333. The first kappa shape index (κ1) is 19.8. The highest BCUT2D eigenvalue weighted by atomic mass is 19.1. The quantitative estimate of drug-likeness (QED) is 0.775. The second-order valence-electron chi connectivity index (χ2n) is 6.88. The Morgan fingerprint density at radius 2 is 1.71 bits per heavy atom. The molecule has 6 nitrogen and oxygen atoms in total. The molecule has 0 unspecified atom stereocenters. The van der Waals surface area contributed by atoms with E-state index in [0.29, 0.717) is 12.1 Å². The number of hydrazine groups is 1. The number of benzene rings is 2. The van der Waals surface area contributed by atoms with Crippen LogP contribution in [0.3, 0.4) is 0 Å². The highest BCUT2D eigenvalue weighted by Gasteiger charge is 2.18. The highest BCUT2D eigenvalue weighted by Crippen LogP contribution is 2.15. The average molecular weight is 384 g/mol. The number of carbonyl (C=O) groups excluding carboxylic acids is 2. The van der Waals surface area contributed by atoms with E-state index in [-0.39, 0.29) is 17.9 Å². The lowest BCUT2D eigenvalue weighted by Crippen LogP contribution is -2.48. The van der Waals surface area contributed by atoms with Gasteiger partial charge in [0.05, 0.1) is 0 Å². The normalized spacial score (nSPS) is 14.6. The molecular weight excluding hydrogens is 359 g/mol. The van der Waals surface area contributed by atoms with Crippen molar-refractivity contribution in [2.24, 2.45) is 0 Å². The van der Waals surface area contributed by atoms with E-state index in [0.717, 1.165) is 32.2 Å². The third-order valence-corrected chi connectivity index (χ3v) is 4.90. The molecule has 2 N–H and O–H groups in total. The summed E-state index contributed by atoms with van der Waals surface area (Å²) in [4.78, 5) is 28.5. The molecule has 0 aliphatic carbocycles. The number of amides is 2. The lowest BCUT2D eigenvalue weighted by Gasteiger charge is -2.36. The molecule has 28 heavy (non-hydrogen) atoms. The van der Waals surface area contributed by atoms with Crippen LogP contribution in [0.25, 0.3) is 0 Å². The molecule has 0 atom stereocenters. The molecule has 0 radical (unpaired) electrons. The lowest BCUT2D eigenvalue weighted by atomic mass is 10.1. The summed E-state index contributed by atoms with van der Waals surface area (Å²) in [5, 5.41) is 0. The van der Waals surface area contributed by atoms with E-state index < -0.39 is 11.7 Å². The largest absolute Gasteiger partial charge is 0.369 e. The van der Waals surface area contributed by atoms with Crippen molar-refractivity contribution in [1.82, 2.24) is 15.8 Å². The number of para-hydroxylation sites is 1. The fourth-order valence-corrected chi connectivity index (χ4v) is 3.12. The maximum Gasteiger partial charge on any atom is 0.269 e. The molecular formula is C21H25FN4O2.